The molecule has 1 amide bonds. The predicted octanol–water partition coefficient (Wildman–Crippen LogP) is 6.50. The molecule has 3 aromatic rings. The highest BCUT2D eigenvalue weighted by Gasteiger charge is 2.25. The van der Waals surface area contributed by atoms with Crippen molar-refractivity contribution < 1.29 is 18.7 Å². The first-order valence-electron chi connectivity index (χ1n) is 13.4. The van der Waals surface area contributed by atoms with E-state index in [2.05, 4.69) is 42.7 Å². The van der Waals surface area contributed by atoms with Gasteiger partial charge in [-0.15, -0.1) is 0 Å². The van der Waals surface area contributed by atoms with Gasteiger partial charge in [0.25, 0.3) is 0 Å². The number of rotatable bonds is 9. The number of aryl methyl sites for hydroxylation is 1. The molecule has 4 rings (SSSR count). The maximum atomic E-state index is 13.9. The zero-order valence-corrected chi connectivity index (χ0v) is 24.4. The lowest BCUT2D eigenvalue weighted by Crippen LogP contribution is -2.35. The van der Waals surface area contributed by atoms with Crippen LogP contribution in [0.15, 0.2) is 60.7 Å². The molecule has 7 nitrogen and oxygen atoms in total. The minimum Gasteiger partial charge on any atom is -0.496 e. The van der Waals surface area contributed by atoms with Crippen LogP contribution in [-0.2, 0) is 0 Å². The lowest BCUT2D eigenvalue weighted by molar-refractivity contribution is 0.159. The second-order valence-corrected chi connectivity index (χ2v) is 11.0. The molecule has 0 fully saturated rings. The van der Waals surface area contributed by atoms with Crippen LogP contribution in [0.4, 0.5) is 20.6 Å². The predicted molar refractivity (Wildman–Crippen MR) is 161 cm³/mol. The van der Waals surface area contributed by atoms with Crippen LogP contribution in [0.25, 0.3) is 16.7 Å². The van der Waals surface area contributed by atoms with Gasteiger partial charge in [0.15, 0.2) is 0 Å². The summed E-state index contributed by atoms with van der Waals surface area (Å²) in [5.74, 6) is 0.750. The van der Waals surface area contributed by atoms with Crippen molar-refractivity contribution in [1.29, 1.82) is 0 Å². The summed E-state index contributed by atoms with van der Waals surface area (Å²) in [6.07, 6.45) is 1.78. The Morgan fingerprint density at radius 3 is 2.50 bits per heavy atom. The summed E-state index contributed by atoms with van der Waals surface area (Å²) in [6.45, 7) is 8.05. The fraction of sp³-hybridized carbons (Fsp3) is 0.344. The van der Waals surface area contributed by atoms with E-state index in [1.165, 1.54) is 12.1 Å². The van der Waals surface area contributed by atoms with Gasteiger partial charge in [0.2, 0.25) is 0 Å². The quantitative estimate of drug-likeness (QED) is 0.319. The molecule has 0 spiro atoms. The van der Waals surface area contributed by atoms with Gasteiger partial charge in [-0.05, 0) is 88.0 Å². The van der Waals surface area contributed by atoms with E-state index in [0.717, 1.165) is 45.7 Å². The number of amides is 1. The number of halogens is 1. The van der Waals surface area contributed by atoms with E-state index >= 15 is 0 Å². The molecule has 0 saturated heterocycles. The number of nitrogens with one attached hydrogen (secondary N) is 2. The highest BCUT2D eigenvalue weighted by molar-refractivity contribution is 5.87. The van der Waals surface area contributed by atoms with Crippen LogP contribution in [0.2, 0.25) is 0 Å². The topological polar surface area (TPSA) is 66.1 Å². The van der Waals surface area contributed by atoms with Crippen molar-refractivity contribution in [3.8, 4) is 22.6 Å². The van der Waals surface area contributed by atoms with Crippen LogP contribution in [0.3, 0.4) is 0 Å². The average molecular weight is 547 g/mol. The summed E-state index contributed by atoms with van der Waals surface area (Å²) in [4.78, 5) is 16.1. The van der Waals surface area contributed by atoms with Gasteiger partial charge in [-0.3, -0.25) is 0 Å². The van der Waals surface area contributed by atoms with Crippen LogP contribution >= 0.6 is 0 Å². The van der Waals surface area contributed by atoms with E-state index < -0.39 is 6.09 Å². The van der Waals surface area contributed by atoms with Gasteiger partial charge in [0.05, 0.1) is 12.6 Å². The van der Waals surface area contributed by atoms with Gasteiger partial charge < -0.3 is 29.9 Å². The minimum absolute atomic E-state index is 0.245. The van der Waals surface area contributed by atoms with Crippen LogP contribution in [-0.4, -0.2) is 69.3 Å². The van der Waals surface area contributed by atoms with Gasteiger partial charge in [0.1, 0.15) is 17.3 Å². The fourth-order valence-electron chi connectivity index (χ4n) is 4.70. The van der Waals surface area contributed by atoms with Crippen LogP contribution in [0.1, 0.15) is 25.0 Å². The minimum atomic E-state index is -0.421. The lowest BCUT2D eigenvalue weighted by atomic mass is 9.88. The van der Waals surface area contributed by atoms with Crippen LogP contribution in [0, 0.1) is 12.7 Å². The molecule has 0 aromatic heterocycles. The Hall–Kier alpha value is -4.04. The number of nitrogens with zero attached hydrogens (tertiary/aromatic N) is 2. The Morgan fingerprint density at radius 1 is 1.00 bits per heavy atom. The Morgan fingerprint density at radius 2 is 1.77 bits per heavy atom. The van der Waals surface area contributed by atoms with Crippen molar-refractivity contribution in [1.82, 2.24) is 9.80 Å². The molecule has 0 atom stereocenters. The normalized spacial score (nSPS) is 13.7. The summed E-state index contributed by atoms with van der Waals surface area (Å²) in [7, 11) is 7.24. The number of likely N-dealkylation sites (N-methyl/N-ethyl adjacent to an activating group) is 2. The molecule has 0 aliphatic carbocycles. The third-order valence-corrected chi connectivity index (χ3v) is 6.91. The number of benzene rings is 3. The van der Waals surface area contributed by atoms with E-state index in [4.69, 9.17) is 9.47 Å². The molecule has 0 saturated carbocycles. The summed E-state index contributed by atoms with van der Waals surface area (Å²) < 4.78 is 25.2. The SMILES string of the molecule is COc1cc(OC(=O)N(C)CCN(C)C)ccc1-c1ccc2c(c1)C(CNc1cc(F)ccc1C)=CC(C)(C)N2. The first-order valence-corrected chi connectivity index (χ1v) is 13.4. The molecule has 0 bridgehead atoms. The van der Waals surface area contributed by atoms with Crippen molar-refractivity contribution in [3.63, 3.8) is 0 Å². The molecule has 0 radical (unpaired) electrons. The third-order valence-electron chi connectivity index (χ3n) is 6.91. The molecular weight excluding hydrogens is 507 g/mol. The Labute approximate surface area is 236 Å². The Kier molecular flexibility index (Phi) is 8.69. The first kappa shape index (κ1) is 29.0. The second kappa shape index (κ2) is 12.0. The van der Waals surface area contributed by atoms with Crippen molar-refractivity contribution in [2.24, 2.45) is 0 Å². The van der Waals surface area contributed by atoms with Gasteiger partial charge in [0, 0.05) is 55.2 Å². The zero-order valence-electron chi connectivity index (χ0n) is 24.4. The number of carbonyl (C=O) groups excluding carboxylic acids is 1. The number of carbonyl (C=O) groups is 1. The van der Waals surface area contributed by atoms with E-state index in [0.29, 0.717) is 24.6 Å². The monoisotopic (exact) mass is 546 g/mol. The molecule has 212 valence electrons. The van der Waals surface area contributed by atoms with E-state index in [1.807, 2.05) is 38.1 Å². The third kappa shape index (κ3) is 6.93. The number of hydrogen-bond acceptors (Lipinski definition) is 6. The molecule has 1 aliphatic heterocycles. The number of anilines is 2. The van der Waals surface area contributed by atoms with E-state index in [9.17, 15) is 9.18 Å². The smallest absolute Gasteiger partial charge is 0.415 e. The number of fused-ring (bicyclic) bond motifs is 1. The lowest BCUT2D eigenvalue weighted by Gasteiger charge is -2.33. The highest BCUT2D eigenvalue weighted by Crippen LogP contribution is 2.40. The number of hydrogen-bond donors (Lipinski definition) is 2. The van der Waals surface area contributed by atoms with Gasteiger partial charge in [-0.2, -0.15) is 0 Å². The second-order valence-electron chi connectivity index (χ2n) is 11.0. The van der Waals surface area contributed by atoms with Crippen molar-refractivity contribution in [2.75, 3.05) is 58.5 Å². The molecule has 40 heavy (non-hydrogen) atoms. The summed E-state index contributed by atoms with van der Waals surface area (Å²) in [5, 5.41) is 7.01. The van der Waals surface area contributed by atoms with Crippen LogP contribution < -0.4 is 20.1 Å². The Balaban J connectivity index is 1.59. The molecule has 2 N–H and O–H groups in total. The van der Waals surface area contributed by atoms with Gasteiger partial charge in [-0.25, -0.2) is 9.18 Å². The summed E-state index contributed by atoms with van der Waals surface area (Å²) in [6, 6.07) is 16.4. The van der Waals surface area contributed by atoms with Gasteiger partial charge >= 0.3 is 6.09 Å². The van der Waals surface area contributed by atoms with Gasteiger partial charge in [-0.1, -0.05) is 18.2 Å². The molecular formula is C32H39FN4O3. The number of methoxy groups -OCH3 is 1. The van der Waals surface area contributed by atoms with Crippen molar-refractivity contribution in [3.05, 3.63) is 77.6 Å². The molecule has 3 aromatic carbocycles. The average Bonchev–Trinajstić information content (AvgIpc) is 2.91. The molecule has 8 heteroatoms. The summed E-state index contributed by atoms with van der Waals surface area (Å²) >= 11 is 0. The maximum absolute atomic E-state index is 13.9. The van der Waals surface area contributed by atoms with Crippen molar-refractivity contribution >= 4 is 23.0 Å². The zero-order chi connectivity index (χ0) is 29.0. The molecule has 1 aliphatic rings. The Bertz CT molecular complexity index is 1420. The molecule has 0 unspecified atom stereocenters. The largest absolute Gasteiger partial charge is 0.496 e. The van der Waals surface area contributed by atoms with E-state index in [1.54, 1.807) is 37.3 Å². The summed E-state index contributed by atoms with van der Waals surface area (Å²) in [5.41, 5.74) is 6.54. The fourth-order valence-corrected chi connectivity index (χ4v) is 4.70. The standard InChI is InChI=1S/C32H39FN4O3/c1-21-8-10-24(33)17-29(21)34-20-23-19-32(2,3)35-28-13-9-22(16-27(23)28)26-12-11-25(18-30(26)39-7)40-31(38)37(6)15-14-36(4)5/h8-13,16-19,34-35H,14-15,20H2,1-7H3. The van der Waals surface area contributed by atoms with Crippen LogP contribution in [0.5, 0.6) is 11.5 Å². The molecule has 1 heterocycles. The van der Waals surface area contributed by atoms with Crippen molar-refractivity contribution in [2.45, 2.75) is 26.3 Å². The maximum Gasteiger partial charge on any atom is 0.415 e. The first-order chi connectivity index (χ1) is 19.0. The van der Waals surface area contributed by atoms with E-state index in [-0.39, 0.29) is 11.4 Å². The highest BCUT2D eigenvalue weighted by atomic mass is 19.1. The number of ether oxygens (including phenoxy) is 2.